The van der Waals surface area contributed by atoms with Crippen molar-refractivity contribution in [1.29, 1.82) is 0 Å². The summed E-state index contributed by atoms with van der Waals surface area (Å²) in [5.74, 6) is 0.602. The van der Waals surface area contributed by atoms with Crippen molar-refractivity contribution in [2.24, 2.45) is 7.05 Å². The normalized spacial score (nSPS) is 15.9. The molecule has 6 heteroatoms. The Morgan fingerprint density at radius 3 is 2.81 bits per heavy atom. The first-order chi connectivity index (χ1) is 13.2. The van der Waals surface area contributed by atoms with Crippen molar-refractivity contribution in [3.05, 3.63) is 42.0 Å². The zero-order valence-electron chi connectivity index (χ0n) is 15.9. The number of nitrogens with zero attached hydrogens (tertiary/aromatic N) is 4. The summed E-state index contributed by atoms with van der Waals surface area (Å²) in [5.41, 5.74) is 5.01. The lowest BCUT2D eigenvalue weighted by atomic mass is 9.95. The van der Waals surface area contributed by atoms with Crippen molar-refractivity contribution in [1.82, 2.24) is 24.5 Å². The van der Waals surface area contributed by atoms with E-state index in [1.165, 1.54) is 39.9 Å². The van der Waals surface area contributed by atoms with E-state index in [1.54, 1.807) is 11.3 Å². The number of hydrogen-bond acceptors (Lipinski definition) is 4. The Morgan fingerprint density at radius 2 is 2.04 bits per heavy atom. The van der Waals surface area contributed by atoms with E-state index in [4.69, 9.17) is 4.98 Å². The fraction of sp³-hybridized carbons (Fsp3) is 0.429. The number of benzene rings is 1. The van der Waals surface area contributed by atoms with Gasteiger partial charge < -0.3 is 5.32 Å². The molecule has 5 nitrogen and oxygen atoms in total. The summed E-state index contributed by atoms with van der Waals surface area (Å²) in [6.45, 7) is 4.43. The van der Waals surface area contributed by atoms with Gasteiger partial charge in [0.05, 0.1) is 16.1 Å². The van der Waals surface area contributed by atoms with Gasteiger partial charge in [0.2, 0.25) is 0 Å². The van der Waals surface area contributed by atoms with E-state index >= 15 is 0 Å². The van der Waals surface area contributed by atoms with Crippen molar-refractivity contribution >= 4 is 27.2 Å². The van der Waals surface area contributed by atoms with Crippen molar-refractivity contribution in [2.45, 2.75) is 38.5 Å². The van der Waals surface area contributed by atoms with Gasteiger partial charge in [0, 0.05) is 36.9 Å². The number of aryl methyl sites for hydroxylation is 2. The Hall–Kier alpha value is -2.18. The van der Waals surface area contributed by atoms with Gasteiger partial charge in [0.1, 0.15) is 0 Å². The highest BCUT2D eigenvalue weighted by Crippen LogP contribution is 2.34. The Kier molecular flexibility index (Phi) is 4.25. The monoisotopic (exact) mass is 379 g/mol. The molecule has 0 spiro atoms. The van der Waals surface area contributed by atoms with Gasteiger partial charge in [0.15, 0.2) is 4.96 Å². The zero-order chi connectivity index (χ0) is 18.4. The van der Waals surface area contributed by atoms with Crippen LogP contribution in [0.3, 0.4) is 0 Å². The van der Waals surface area contributed by atoms with E-state index in [1.807, 2.05) is 11.7 Å². The first kappa shape index (κ1) is 17.0. The summed E-state index contributed by atoms with van der Waals surface area (Å²) in [5, 5.41) is 9.32. The summed E-state index contributed by atoms with van der Waals surface area (Å²) in [4.78, 5) is 7.32. The molecule has 0 atom stereocenters. The van der Waals surface area contributed by atoms with Crippen LogP contribution in [0, 0.1) is 0 Å². The topological polar surface area (TPSA) is 47.1 Å². The van der Waals surface area contributed by atoms with Gasteiger partial charge in [0.25, 0.3) is 0 Å². The molecule has 27 heavy (non-hydrogen) atoms. The maximum absolute atomic E-state index is 4.94. The Bertz CT molecular complexity index is 1070. The summed E-state index contributed by atoms with van der Waals surface area (Å²) >= 11 is 1.79. The highest BCUT2D eigenvalue weighted by Gasteiger charge is 2.19. The van der Waals surface area contributed by atoms with Crippen LogP contribution in [0.2, 0.25) is 0 Å². The van der Waals surface area contributed by atoms with Gasteiger partial charge in [-0.3, -0.25) is 9.08 Å². The molecular weight excluding hydrogens is 354 g/mol. The molecule has 3 aromatic heterocycles. The van der Waals surface area contributed by atoms with E-state index < -0.39 is 0 Å². The Labute approximate surface area is 163 Å². The second kappa shape index (κ2) is 6.77. The predicted octanol–water partition coefficient (Wildman–Crippen LogP) is 4.37. The van der Waals surface area contributed by atoms with Gasteiger partial charge in [-0.1, -0.05) is 24.7 Å². The average Bonchev–Trinajstić information content (AvgIpc) is 3.34. The van der Waals surface area contributed by atoms with E-state index in [2.05, 4.69) is 52.5 Å². The van der Waals surface area contributed by atoms with Crippen LogP contribution in [0.4, 0.5) is 0 Å². The van der Waals surface area contributed by atoms with Gasteiger partial charge in [-0.05, 0) is 55.6 Å². The number of aromatic nitrogens is 4. The third-order valence-electron chi connectivity index (χ3n) is 5.54. The highest BCUT2D eigenvalue weighted by atomic mass is 32.1. The molecule has 1 aliphatic heterocycles. The molecule has 0 aliphatic carbocycles. The number of imidazole rings is 1. The molecule has 0 amide bonds. The number of rotatable bonds is 4. The summed E-state index contributed by atoms with van der Waals surface area (Å²) in [7, 11) is 2.00. The maximum Gasteiger partial charge on any atom is 0.194 e. The maximum atomic E-state index is 4.94. The lowest BCUT2D eigenvalue weighted by Crippen LogP contribution is -2.26. The van der Waals surface area contributed by atoms with Crippen LogP contribution in [0.25, 0.3) is 26.3 Å². The smallest absolute Gasteiger partial charge is 0.194 e. The van der Waals surface area contributed by atoms with Crippen LogP contribution in [0.1, 0.15) is 43.4 Å². The first-order valence-corrected chi connectivity index (χ1v) is 10.7. The number of nitrogens with one attached hydrogen (secondary N) is 1. The van der Waals surface area contributed by atoms with Crippen molar-refractivity contribution in [2.75, 3.05) is 13.1 Å². The number of thiazole rings is 1. The molecule has 140 valence electrons. The molecule has 0 saturated carbocycles. The van der Waals surface area contributed by atoms with Crippen LogP contribution in [0.15, 0.2) is 30.7 Å². The fourth-order valence-corrected chi connectivity index (χ4v) is 5.15. The summed E-state index contributed by atoms with van der Waals surface area (Å²) in [6.07, 6.45) is 11.2. The average molecular weight is 380 g/mol. The Morgan fingerprint density at radius 1 is 1.19 bits per heavy atom. The quantitative estimate of drug-likeness (QED) is 0.573. The largest absolute Gasteiger partial charge is 0.317 e. The minimum atomic E-state index is 0.602. The molecule has 1 aliphatic rings. The molecule has 4 heterocycles. The SMILES string of the molecule is CCCc1cc(-c2cn3cc(C4CCNCC4)nc3s2)cc2cn(C)nc12. The van der Waals surface area contributed by atoms with Crippen molar-refractivity contribution in [3.63, 3.8) is 0 Å². The van der Waals surface area contributed by atoms with E-state index in [9.17, 15) is 0 Å². The van der Waals surface area contributed by atoms with Gasteiger partial charge in [-0.25, -0.2) is 4.98 Å². The molecule has 0 radical (unpaired) electrons. The van der Waals surface area contributed by atoms with Crippen LogP contribution in [-0.2, 0) is 13.5 Å². The third-order valence-corrected chi connectivity index (χ3v) is 6.58. The highest BCUT2D eigenvalue weighted by molar-refractivity contribution is 7.20. The first-order valence-electron chi connectivity index (χ1n) is 9.87. The minimum absolute atomic E-state index is 0.602. The summed E-state index contributed by atoms with van der Waals surface area (Å²) < 4.78 is 4.13. The number of piperidine rings is 1. The van der Waals surface area contributed by atoms with Crippen molar-refractivity contribution in [3.8, 4) is 10.4 Å². The van der Waals surface area contributed by atoms with Gasteiger partial charge >= 0.3 is 0 Å². The van der Waals surface area contributed by atoms with E-state index in [0.29, 0.717) is 5.92 Å². The Balaban J connectivity index is 1.53. The molecule has 1 N–H and O–H groups in total. The van der Waals surface area contributed by atoms with Crippen LogP contribution < -0.4 is 5.32 Å². The van der Waals surface area contributed by atoms with Crippen molar-refractivity contribution < 1.29 is 0 Å². The van der Waals surface area contributed by atoms with E-state index in [-0.39, 0.29) is 0 Å². The third kappa shape index (κ3) is 3.07. The predicted molar refractivity (Wildman–Crippen MR) is 112 cm³/mol. The minimum Gasteiger partial charge on any atom is -0.317 e. The number of hydrogen-bond donors (Lipinski definition) is 1. The second-order valence-electron chi connectivity index (χ2n) is 7.60. The standard InChI is InChI=1S/C21H25N5S/c1-3-4-15-9-16(10-17-11-25(2)24-20(15)17)19-13-26-12-18(23-21(26)27-19)14-5-7-22-8-6-14/h9-14,22H,3-8H2,1-2H3. The van der Waals surface area contributed by atoms with Crippen LogP contribution in [-0.4, -0.2) is 32.3 Å². The lowest BCUT2D eigenvalue weighted by Gasteiger charge is -2.20. The van der Waals surface area contributed by atoms with Crippen LogP contribution in [0.5, 0.6) is 0 Å². The molecule has 1 aromatic carbocycles. The number of fused-ring (bicyclic) bond motifs is 2. The van der Waals surface area contributed by atoms with Gasteiger partial charge in [-0.15, -0.1) is 0 Å². The van der Waals surface area contributed by atoms with E-state index in [0.717, 1.165) is 36.4 Å². The molecule has 0 bridgehead atoms. The lowest BCUT2D eigenvalue weighted by molar-refractivity contribution is 0.454. The molecule has 5 rings (SSSR count). The molecule has 1 saturated heterocycles. The second-order valence-corrected chi connectivity index (χ2v) is 8.61. The molecular formula is C21H25N5S. The summed E-state index contributed by atoms with van der Waals surface area (Å²) in [6, 6.07) is 4.58. The van der Waals surface area contributed by atoms with Crippen LogP contribution >= 0.6 is 11.3 Å². The molecule has 4 aromatic rings. The molecule has 1 fully saturated rings. The van der Waals surface area contributed by atoms with Gasteiger partial charge in [-0.2, -0.15) is 5.10 Å². The zero-order valence-corrected chi connectivity index (χ0v) is 16.7. The molecule has 0 unspecified atom stereocenters. The fourth-order valence-electron chi connectivity index (χ4n) is 4.19.